The smallest absolute Gasteiger partial charge is 0.234 e. The van der Waals surface area contributed by atoms with E-state index in [0.717, 1.165) is 6.54 Å². The number of amides is 1. The summed E-state index contributed by atoms with van der Waals surface area (Å²) in [5, 5.41) is 5.54. The molecule has 4 nitrogen and oxygen atoms in total. The van der Waals surface area contributed by atoms with Crippen molar-refractivity contribution in [3.8, 4) is 0 Å². The highest BCUT2D eigenvalue weighted by molar-refractivity contribution is 5.77. The van der Waals surface area contributed by atoms with Crippen molar-refractivity contribution in [1.29, 1.82) is 0 Å². The Labute approximate surface area is 61.2 Å². The number of carbonyl (C=O) groups excluding carboxylic acids is 1. The standard InChI is InChI=1S/C6H15N3O/c1-2-8-5-6(10)9-4-3-7/h8H,2-5,7H2,1H3,(H,9,10). The summed E-state index contributed by atoms with van der Waals surface area (Å²) in [7, 11) is 0. The van der Waals surface area contributed by atoms with Crippen molar-refractivity contribution >= 4 is 5.91 Å². The lowest BCUT2D eigenvalue weighted by Crippen LogP contribution is -2.36. The van der Waals surface area contributed by atoms with E-state index in [1.54, 1.807) is 0 Å². The number of carbonyl (C=O) groups is 1. The molecule has 0 aromatic rings. The second kappa shape index (κ2) is 6.51. The summed E-state index contributed by atoms with van der Waals surface area (Å²) in [5.41, 5.74) is 5.17. The fourth-order valence-corrected chi connectivity index (χ4v) is 0.513. The molecule has 0 aromatic heterocycles. The van der Waals surface area contributed by atoms with Gasteiger partial charge in [0.2, 0.25) is 5.91 Å². The maximum absolute atomic E-state index is 10.7. The molecule has 0 spiro atoms. The molecule has 0 fully saturated rings. The molecule has 1 amide bonds. The quantitative estimate of drug-likeness (QED) is 0.449. The summed E-state index contributed by atoms with van der Waals surface area (Å²) in [6, 6.07) is 0. The average Bonchev–Trinajstić information content (AvgIpc) is 1.97. The number of hydrogen-bond donors (Lipinski definition) is 3. The van der Waals surface area contributed by atoms with E-state index in [1.807, 2.05) is 6.92 Å². The topological polar surface area (TPSA) is 67.2 Å². The average molecular weight is 145 g/mol. The minimum atomic E-state index is 0.00676. The molecule has 0 saturated carbocycles. The molecule has 10 heavy (non-hydrogen) atoms. The van der Waals surface area contributed by atoms with Crippen LogP contribution in [0.5, 0.6) is 0 Å². The van der Waals surface area contributed by atoms with E-state index < -0.39 is 0 Å². The summed E-state index contributed by atoms with van der Waals surface area (Å²) in [6.07, 6.45) is 0. The molecule has 0 heterocycles. The largest absolute Gasteiger partial charge is 0.354 e. The molecule has 0 atom stereocenters. The third-order valence-corrected chi connectivity index (χ3v) is 1.00. The van der Waals surface area contributed by atoms with Crippen LogP contribution >= 0.6 is 0 Å². The first kappa shape index (κ1) is 9.39. The van der Waals surface area contributed by atoms with Crippen molar-refractivity contribution in [2.45, 2.75) is 6.92 Å². The zero-order valence-corrected chi connectivity index (χ0v) is 6.31. The highest BCUT2D eigenvalue weighted by atomic mass is 16.1. The van der Waals surface area contributed by atoms with Crippen LogP contribution in [0.3, 0.4) is 0 Å². The van der Waals surface area contributed by atoms with Gasteiger partial charge in [-0.05, 0) is 6.54 Å². The van der Waals surface area contributed by atoms with Crippen LogP contribution in [0.1, 0.15) is 6.92 Å². The lowest BCUT2D eigenvalue weighted by molar-refractivity contribution is -0.120. The van der Waals surface area contributed by atoms with Gasteiger partial charge < -0.3 is 16.4 Å². The van der Waals surface area contributed by atoms with Crippen LogP contribution in [0.15, 0.2) is 0 Å². The van der Waals surface area contributed by atoms with Gasteiger partial charge in [0, 0.05) is 13.1 Å². The normalized spacial score (nSPS) is 9.40. The van der Waals surface area contributed by atoms with Gasteiger partial charge in [0.05, 0.1) is 6.54 Å². The zero-order valence-electron chi connectivity index (χ0n) is 6.31. The van der Waals surface area contributed by atoms with Crippen molar-refractivity contribution < 1.29 is 4.79 Å². The van der Waals surface area contributed by atoms with Gasteiger partial charge in [0.1, 0.15) is 0 Å². The SMILES string of the molecule is CCNCC(=O)NCCN. The number of nitrogens with two attached hydrogens (primary N) is 1. The molecule has 0 rings (SSSR count). The summed E-state index contributed by atoms with van der Waals surface area (Å²) in [4.78, 5) is 10.7. The van der Waals surface area contributed by atoms with Crippen molar-refractivity contribution in [3.05, 3.63) is 0 Å². The Morgan fingerprint density at radius 1 is 1.60 bits per heavy atom. The maximum Gasteiger partial charge on any atom is 0.234 e. The molecule has 4 heteroatoms. The van der Waals surface area contributed by atoms with Crippen molar-refractivity contribution in [2.75, 3.05) is 26.2 Å². The van der Waals surface area contributed by atoms with Crippen LogP contribution in [0.4, 0.5) is 0 Å². The molecular formula is C6H15N3O. The van der Waals surface area contributed by atoms with Gasteiger partial charge in [-0.25, -0.2) is 0 Å². The Morgan fingerprint density at radius 2 is 2.30 bits per heavy atom. The lowest BCUT2D eigenvalue weighted by atomic mass is 10.5. The van der Waals surface area contributed by atoms with Gasteiger partial charge in [-0.2, -0.15) is 0 Å². The monoisotopic (exact) mass is 145 g/mol. The number of rotatable bonds is 5. The van der Waals surface area contributed by atoms with Crippen molar-refractivity contribution in [3.63, 3.8) is 0 Å². The zero-order chi connectivity index (χ0) is 7.82. The molecular weight excluding hydrogens is 130 g/mol. The summed E-state index contributed by atoms with van der Waals surface area (Å²) < 4.78 is 0. The van der Waals surface area contributed by atoms with Crippen LogP contribution in [-0.4, -0.2) is 32.1 Å². The van der Waals surface area contributed by atoms with E-state index >= 15 is 0 Å². The third kappa shape index (κ3) is 5.53. The highest BCUT2D eigenvalue weighted by Gasteiger charge is 1.95. The molecule has 0 bridgehead atoms. The number of hydrogen-bond acceptors (Lipinski definition) is 3. The Balaban J connectivity index is 3.09. The van der Waals surface area contributed by atoms with Gasteiger partial charge in [0.15, 0.2) is 0 Å². The van der Waals surface area contributed by atoms with Gasteiger partial charge in [0.25, 0.3) is 0 Å². The first-order chi connectivity index (χ1) is 4.81. The Morgan fingerprint density at radius 3 is 2.80 bits per heavy atom. The molecule has 0 aliphatic heterocycles. The summed E-state index contributed by atoms with van der Waals surface area (Å²) in [5.74, 6) is 0.00676. The first-order valence-electron chi connectivity index (χ1n) is 3.48. The van der Waals surface area contributed by atoms with Gasteiger partial charge >= 0.3 is 0 Å². The minimum absolute atomic E-state index is 0.00676. The Kier molecular flexibility index (Phi) is 6.11. The molecule has 4 N–H and O–H groups in total. The number of likely N-dealkylation sites (N-methyl/N-ethyl adjacent to an activating group) is 1. The van der Waals surface area contributed by atoms with E-state index in [0.29, 0.717) is 19.6 Å². The Bertz CT molecular complexity index is 85.0. The molecule has 0 unspecified atom stereocenters. The fraction of sp³-hybridized carbons (Fsp3) is 0.833. The van der Waals surface area contributed by atoms with Crippen LogP contribution in [-0.2, 0) is 4.79 Å². The maximum atomic E-state index is 10.7. The van der Waals surface area contributed by atoms with Crippen molar-refractivity contribution in [1.82, 2.24) is 10.6 Å². The van der Waals surface area contributed by atoms with E-state index in [9.17, 15) is 4.79 Å². The molecule has 0 aliphatic rings. The molecule has 60 valence electrons. The van der Waals surface area contributed by atoms with Crippen LogP contribution in [0.2, 0.25) is 0 Å². The third-order valence-electron chi connectivity index (χ3n) is 1.00. The van der Waals surface area contributed by atoms with Gasteiger partial charge in [-0.15, -0.1) is 0 Å². The second-order valence-corrected chi connectivity index (χ2v) is 1.92. The minimum Gasteiger partial charge on any atom is -0.354 e. The van der Waals surface area contributed by atoms with Crippen LogP contribution in [0.25, 0.3) is 0 Å². The molecule has 0 aromatic carbocycles. The predicted octanol–water partition coefficient (Wildman–Crippen LogP) is -1.33. The van der Waals surface area contributed by atoms with E-state index in [2.05, 4.69) is 10.6 Å². The van der Waals surface area contributed by atoms with E-state index in [1.165, 1.54) is 0 Å². The summed E-state index contributed by atoms with van der Waals surface area (Å²) >= 11 is 0. The molecule has 0 saturated heterocycles. The highest BCUT2D eigenvalue weighted by Crippen LogP contribution is 1.61. The van der Waals surface area contributed by atoms with Crippen molar-refractivity contribution in [2.24, 2.45) is 5.73 Å². The molecule has 0 aliphatic carbocycles. The van der Waals surface area contributed by atoms with E-state index in [-0.39, 0.29) is 5.91 Å². The van der Waals surface area contributed by atoms with E-state index in [4.69, 9.17) is 5.73 Å². The van der Waals surface area contributed by atoms with Crippen LogP contribution < -0.4 is 16.4 Å². The fourth-order valence-electron chi connectivity index (χ4n) is 0.513. The van der Waals surface area contributed by atoms with Gasteiger partial charge in [-0.3, -0.25) is 4.79 Å². The molecule has 0 radical (unpaired) electrons. The van der Waals surface area contributed by atoms with Gasteiger partial charge in [-0.1, -0.05) is 6.92 Å². The number of nitrogens with one attached hydrogen (secondary N) is 2. The first-order valence-corrected chi connectivity index (χ1v) is 3.48. The second-order valence-electron chi connectivity index (χ2n) is 1.92. The lowest BCUT2D eigenvalue weighted by Gasteiger charge is -2.02. The summed E-state index contributed by atoms with van der Waals surface area (Å²) in [6.45, 7) is 4.21. The Hall–Kier alpha value is -0.610. The van der Waals surface area contributed by atoms with Crippen LogP contribution in [0, 0.1) is 0 Å². The predicted molar refractivity (Wildman–Crippen MR) is 40.6 cm³/mol.